The van der Waals surface area contributed by atoms with E-state index in [1.165, 1.54) is 205 Å². The van der Waals surface area contributed by atoms with Crippen molar-refractivity contribution in [3.8, 4) is 0 Å². The Hall–Kier alpha value is -3.15. The van der Waals surface area contributed by atoms with Gasteiger partial charge in [-0.2, -0.15) is 0 Å². The predicted octanol–water partition coefficient (Wildman–Crippen LogP) is 22.9. The number of hydrogen-bond acceptors (Lipinski definition) is 6. The lowest BCUT2D eigenvalue weighted by Crippen LogP contribution is -2.30. The average molecular weight is 1080 g/mol. The van der Waals surface area contributed by atoms with E-state index in [0.29, 0.717) is 19.3 Å². The monoisotopic (exact) mass is 1070 g/mol. The summed E-state index contributed by atoms with van der Waals surface area (Å²) in [6.07, 6.45) is 85.0. The van der Waals surface area contributed by atoms with E-state index < -0.39 is 6.10 Å². The minimum Gasteiger partial charge on any atom is -0.462 e. The van der Waals surface area contributed by atoms with Gasteiger partial charge in [-0.15, -0.1) is 0 Å². The predicted molar refractivity (Wildman–Crippen MR) is 335 cm³/mol. The van der Waals surface area contributed by atoms with Crippen LogP contribution in [0.15, 0.2) is 72.9 Å². The topological polar surface area (TPSA) is 78.9 Å². The van der Waals surface area contributed by atoms with Gasteiger partial charge in [0.15, 0.2) is 6.10 Å². The number of carbonyl (C=O) groups excluding carboxylic acids is 3. The lowest BCUT2D eigenvalue weighted by molar-refractivity contribution is -0.167. The molecule has 0 rings (SSSR count). The Balaban J connectivity index is 4.33. The molecule has 0 spiro atoms. The van der Waals surface area contributed by atoms with Crippen LogP contribution in [0.25, 0.3) is 0 Å². The van der Waals surface area contributed by atoms with Crippen molar-refractivity contribution in [2.24, 2.45) is 0 Å². The van der Waals surface area contributed by atoms with E-state index in [1.54, 1.807) is 0 Å². The summed E-state index contributed by atoms with van der Waals surface area (Å²) >= 11 is 0. The number of rotatable bonds is 61. The molecule has 1 unspecified atom stereocenters. The van der Waals surface area contributed by atoms with Gasteiger partial charge in [-0.25, -0.2) is 0 Å². The van der Waals surface area contributed by atoms with Crippen molar-refractivity contribution in [2.75, 3.05) is 13.2 Å². The van der Waals surface area contributed by atoms with Gasteiger partial charge in [0, 0.05) is 19.3 Å². The van der Waals surface area contributed by atoms with Crippen LogP contribution in [0.5, 0.6) is 0 Å². The average Bonchev–Trinajstić information content (AvgIpc) is 3.43. The zero-order valence-corrected chi connectivity index (χ0v) is 51.2. The minimum absolute atomic E-state index is 0.0887. The highest BCUT2D eigenvalue weighted by molar-refractivity contribution is 5.71. The van der Waals surface area contributed by atoms with Crippen LogP contribution in [-0.2, 0) is 28.6 Å². The van der Waals surface area contributed by atoms with Gasteiger partial charge in [0.1, 0.15) is 13.2 Å². The van der Waals surface area contributed by atoms with Gasteiger partial charge in [0.2, 0.25) is 0 Å². The Morgan fingerprint density at radius 2 is 0.506 bits per heavy atom. The molecule has 0 fully saturated rings. The summed E-state index contributed by atoms with van der Waals surface area (Å²) in [4.78, 5) is 38.3. The fourth-order valence-electron chi connectivity index (χ4n) is 9.74. The van der Waals surface area contributed by atoms with Crippen LogP contribution in [0.1, 0.15) is 342 Å². The van der Waals surface area contributed by atoms with Crippen LogP contribution in [-0.4, -0.2) is 37.2 Å². The van der Waals surface area contributed by atoms with Crippen LogP contribution in [0, 0.1) is 0 Å². The molecular weight excluding hydrogens is 949 g/mol. The maximum absolute atomic E-state index is 12.9. The standard InChI is InChI=1S/C71H126O6/c1-4-7-10-13-16-19-22-25-27-29-31-33-34-35-36-38-39-41-43-46-49-52-55-58-61-64-70(73)76-67-68(66-75-69(72)63-60-57-54-51-48-45-24-21-18-15-12-9-6-3)77-71(74)65-62-59-56-53-50-47-44-42-40-37-32-30-28-26-23-20-17-14-11-8-5-2/h8,11,17,20,26,28,32,37,42,44,50,53,68H,4-7,9-10,12-16,18-19,21-25,27,29-31,33-36,38-41,43,45-49,51-52,54-67H2,1-3H3/b11-8-,20-17-,28-26-,37-32-,44-42-,53-50-. The van der Waals surface area contributed by atoms with Crippen molar-refractivity contribution in [1.29, 1.82) is 0 Å². The molecule has 0 amide bonds. The number of hydrogen-bond donors (Lipinski definition) is 0. The molecule has 0 saturated carbocycles. The maximum Gasteiger partial charge on any atom is 0.306 e. The summed E-state index contributed by atoms with van der Waals surface area (Å²) in [5, 5.41) is 0. The van der Waals surface area contributed by atoms with Gasteiger partial charge >= 0.3 is 17.9 Å². The highest BCUT2D eigenvalue weighted by Crippen LogP contribution is 2.18. The van der Waals surface area contributed by atoms with Crippen LogP contribution in [0.2, 0.25) is 0 Å². The summed E-state index contributed by atoms with van der Waals surface area (Å²) in [6.45, 7) is 6.54. The highest BCUT2D eigenvalue weighted by Gasteiger charge is 2.19. The molecule has 0 saturated heterocycles. The largest absolute Gasteiger partial charge is 0.462 e. The maximum atomic E-state index is 12.9. The molecule has 0 aliphatic rings. The lowest BCUT2D eigenvalue weighted by atomic mass is 10.0. The Kier molecular flexibility index (Phi) is 62.7. The van der Waals surface area contributed by atoms with Crippen molar-refractivity contribution >= 4 is 17.9 Å². The van der Waals surface area contributed by atoms with E-state index >= 15 is 0 Å². The molecular formula is C71H126O6. The van der Waals surface area contributed by atoms with Crippen LogP contribution < -0.4 is 0 Å². The van der Waals surface area contributed by atoms with Crippen molar-refractivity contribution in [3.05, 3.63) is 72.9 Å². The number of allylic oxidation sites excluding steroid dienone is 12. The van der Waals surface area contributed by atoms with Gasteiger partial charge in [-0.1, -0.05) is 325 Å². The molecule has 0 aliphatic carbocycles. The quantitative estimate of drug-likeness (QED) is 0.0261. The van der Waals surface area contributed by atoms with Crippen molar-refractivity contribution in [3.63, 3.8) is 0 Å². The zero-order valence-electron chi connectivity index (χ0n) is 51.2. The molecule has 0 aromatic carbocycles. The van der Waals surface area contributed by atoms with E-state index in [4.69, 9.17) is 14.2 Å². The zero-order chi connectivity index (χ0) is 55.7. The summed E-state index contributed by atoms with van der Waals surface area (Å²) in [5.74, 6) is -0.913. The fraction of sp³-hybridized carbons (Fsp3) is 0.789. The summed E-state index contributed by atoms with van der Waals surface area (Å²) in [7, 11) is 0. The van der Waals surface area contributed by atoms with Crippen molar-refractivity contribution in [1.82, 2.24) is 0 Å². The molecule has 0 aliphatic heterocycles. The van der Waals surface area contributed by atoms with Crippen LogP contribution in [0.4, 0.5) is 0 Å². The van der Waals surface area contributed by atoms with E-state index in [-0.39, 0.29) is 37.5 Å². The second-order valence-corrected chi connectivity index (χ2v) is 22.4. The minimum atomic E-state index is -0.797. The summed E-state index contributed by atoms with van der Waals surface area (Å²) in [6, 6.07) is 0. The smallest absolute Gasteiger partial charge is 0.306 e. The molecule has 0 aromatic heterocycles. The van der Waals surface area contributed by atoms with Gasteiger partial charge in [0.25, 0.3) is 0 Å². The molecule has 77 heavy (non-hydrogen) atoms. The third-order valence-corrected chi connectivity index (χ3v) is 14.7. The second kappa shape index (κ2) is 65.4. The van der Waals surface area contributed by atoms with Crippen LogP contribution >= 0.6 is 0 Å². The van der Waals surface area contributed by atoms with E-state index in [0.717, 1.165) is 89.9 Å². The Bertz CT molecular complexity index is 1420. The Labute approximate surface area is 478 Å². The first-order valence-corrected chi connectivity index (χ1v) is 33.4. The molecule has 0 bridgehead atoms. The molecule has 1 atom stereocenters. The molecule has 0 heterocycles. The second-order valence-electron chi connectivity index (χ2n) is 22.4. The first kappa shape index (κ1) is 73.8. The molecule has 6 heteroatoms. The Morgan fingerprint density at radius 1 is 0.273 bits per heavy atom. The lowest BCUT2D eigenvalue weighted by Gasteiger charge is -2.18. The van der Waals surface area contributed by atoms with Gasteiger partial charge < -0.3 is 14.2 Å². The Morgan fingerprint density at radius 3 is 0.792 bits per heavy atom. The number of ether oxygens (including phenoxy) is 3. The van der Waals surface area contributed by atoms with E-state index in [9.17, 15) is 14.4 Å². The first-order valence-electron chi connectivity index (χ1n) is 33.4. The third-order valence-electron chi connectivity index (χ3n) is 14.7. The molecule has 0 radical (unpaired) electrons. The molecule has 6 nitrogen and oxygen atoms in total. The number of unbranched alkanes of at least 4 members (excludes halogenated alkanes) is 38. The first-order chi connectivity index (χ1) is 38.0. The molecule has 0 N–H and O–H groups in total. The summed E-state index contributed by atoms with van der Waals surface area (Å²) < 4.78 is 16.9. The molecule has 0 aromatic rings. The number of esters is 3. The van der Waals surface area contributed by atoms with Crippen molar-refractivity contribution in [2.45, 2.75) is 348 Å². The molecule has 446 valence electrons. The number of carbonyl (C=O) groups is 3. The third kappa shape index (κ3) is 63.6. The summed E-state index contributed by atoms with van der Waals surface area (Å²) in [5.41, 5.74) is 0. The van der Waals surface area contributed by atoms with Gasteiger partial charge in [-0.05, 0) is 70.6 Å². The van der Waals surface area contributed by atoms with Crippen molar-refractivity contribution < 1.29 is 28.6 Å². The van der Waals surface area contributed by atoms with Gasteiger partial charge in [0.05, 0.1) is 0 Å². The van der Waals surface area contributed by atoms with E-state index in [2.05, 4.69) is 93.7 Å². The highest BCUT2D eigenvalue weighted by atomic mass is 16.6. The van der Waals surface area contributed by atoms with E-state index in [1.807, 2.05) is 0 Å². The van der Waals surface area contributed by atoms with Gasteiger partial charge in [-0.3, -0.25) is 14.4 Å². The SMILES string of the molecule is CC/C=C\C/C=C\C/C=C\C/C=C\C/C=C\C/C=C\CCCCC(=O)OC(COC(=O)CCCCCCCCCCCCCCC)COC(=O)CCCCCCCCCCCCCCCCCCCCCCCCCCC. The normalized spacial score (nSPS) is 12.5. The van der Waals surface area contributed by atoms with Crippen LogP contribution in [0.3, 0.4) is 0 Å². The fourth-order valence-corrected chi connectivity index (χ4v) is 9.74.